The van der Waals surface area contributed by atoms with Crippen LogP contribution in [0.2, 0.25) is 4.34 Å². The van der Waals surface area contributed by atoms with Crippen molar-refractivity contribution in [1.82, 2.24) is 9.59 Å². The first-order valence-electron chi connectivity index (χ1n) is 4.55. The molecule has 1 aromatic heterocycles. The average molecular weight is 259 g/mol. The van der Waals surface area contributed by atoms with Gasteiger partial charge in [0, 0.05) is 17.1 Å². The lowest BCUT2D eigenvalue weighted by Crippen LogP contribution is -1.97. The monoisotopic (exact) mass is 258 g/mol. The lowest BCUT2D eigenvalue weighted by atomic mass is 10.2. The van der Waals surface area contributed by atoms with Crippen LogP contribution in [-0.4, -0.2) is 9.59 Å². The summed E-state index contributed by atoms with van der Waals surface area (Å²) >= 11 is 6.90. The minimum absolute atomic E-state index is 0.195. The maximum Gasteiger partial charge on any atom is 0.139 e. The second-order valence-electron chi connectivity index (χ2n) is 3.08. The van der Waals surface area contributed by atoms with Crippen molar-refractivity contribution in [3.63, 3.8) is 0 Å². The second kappa shape index (κ2) is 5.34. The first-order valence-corrected chi connectivity index (χ1v) is 5.70. The maximum absolute atomic E-state index is 13.2. The molecule has 0 amide bonds. The fourth-order valence-corrected chi connectivity index (χ4v) is 1.76. The Kier molecular flexibility index (Phi) is 3.82. The summed E-state index contributed by atoms with van der Waals surface area (Å²) in [6.07, 6.45) is 0. The summed E-state index contributed by atoms with van der Waals surface area (Å²) < 4.78 is 22.7. The van der Waals surface area contributed by atoms with Crippen LogP contribution in [0.3, 0.4) is 0 Å². The van der Waals surface area contributed by atoms with Crippen molar-refractivity contribution in [2.45, 2.75) is 13.2 Å². The number of nitrogens with zero attached hydrogens (tertiary/aromatic N) is 2. The number of halogens is 2. The fraction of sp³-hybridized carbons (Fsp3) is 0.200. The summed E-state index contributed by atoms with van der Waals surface area (Å²) in [6.45, 7) is 0.435. The number of rotatable bonds is 4. The minimum Gasteiger partial charge on any atom is -0.370 e. The lowest BCUT2D eigenvalue weighted by molar-refractivity contribution is 0.102. The zero-order chi connectivity index (χ0) is 11.4. The molecule has 0 atom stereocenters. The van der Waals surface area contributed by atoms with Gasteiger partial charge in [-0.05, 0) is 6.07 Å². The molecule has 0 saturated carbocycles. The largest absolute Gasteiger partial charge is 0.370 e. The predicted molar refractivity (Wildman–Crippen MR) is 59.8 cm³/mol. The first kappa shape index (κ1) is 11.4. The van der Waals surface area contributed by atoms with Gasteiger partial charge < -0.3 is 4.74 Å². The molecular weight excluding hydrogens is 251 g/mol. The molecule has 0 aliphatic carbocycles. The molecular formula is C10H8ClFN2OS. The Labute approximate surface area is 101 Å². The zero-order valence-corrected chi connectivity index (χ0v) is 9.76. The minimum atomic E-state index is -0.273. The van der Waals surface area contributed by atoms with Crippen LogP contribution in [0.5, 0.6) is 0 Å². The summed E-state index contributed by atoms with van der Waals surface area (Å²) in [6, 6.07) is 6.48. The van der Waals surface area contributed by atoms with Gasteiger partial charge in [-0.15, -0.1) is 5.10 Å². The molecule has 6 heteroatoms. The smallest absolute Gasteiger partial charge is 0.139 e. The fourth-order valence-electron chi connectivity index (χ4n) is 1.16. The van der Waals surface area contributed by atoms with Crippen molar-refractivity contribution in [3.8, 4) is 0 Å². The Morgan fingerprint density at radius 1 is 1.31 bits per heavy atom. The number of aromatic nitrogens is 2. The molecule has 0 unspecified atom stereocenters. The molecule has 0 N–H and O–H groups in total. The van der Waals surface area contributed by atoms with Gasteiger partial charge in [0.25, 0.3) is 0 Å². The molecule has 0 aliphatic heterocycles. The number of hydrogen-bond donors (Lipinski definition) is 0. The predicted octanol–water partition coefficient (Wildman–Crippen LogP) is 3.05. The van der Waals surface area contributed by atoms with Crippen LogP contribution in [0.15, 0.2) is 24.3 Å². The van der Waals surface area contributed by atoms with Crippen LogP contribution < -0.4 is 0 Å². The highest BCUT2D eigenvalue weighted by Crippen LogP contribution is 2.18. The van der Waals surface area contributed by atoms with Crippen LogP contribution in [0, 0.1) is 5.82 Å². The molecule has 0 bridgehead atoms. The molecule has 1 heterocycles. The molecule has 2 rings (SSSR count). The Balaban J connectivity index is 1.89. The van der Waals surface area contributed by atoms with Gasteiger partial charge >= 0.3 is 0 Å². The van der Waals surface area contributed by atoms with Gasteiger partial charge in [0.1, 0.15) is 15.8 Å². The number of ether oxygens (including phenoxy) is 1. The van der Waals surface area contributed by atoms with Gasteiger partial charge in [0.2, 0.25) is 0 Å². The molecule has 0 radical (unpaired) electrons. The van der Waals surface area contributed by atoms with E-state index < -0.39 is 0 Å². The standard InChI is InChI=1S/C10H8ClFN2OS/c11-10-9(13-14-16-10)6-15-5-7-3-1-2-4-8(7)12/h1-4H,5-6H2. The van der Waals surface area contributed by atoms with Crippen LogP contribution >= 0.6 is 23.1 Å². The third-order valence-corrected chi connectivity index (χ3v) is 2.95. The third-order valence-electron chi connectivity index (χ3n) is 1.96. The van der Waals surface area contributed by atoms with Gasteiger partial charge in [0.15, 0.2) is 0 Å². The van der Waals surface area contributed by atoms with Crippen molar-refractivity contribution >= 4 is 23.1 Å². The van der Waals surface area contributed by atoms with E-state index in [1.54, 1.807) is 18.2 Å². The Bertz CT molecular complexity index is 477. The van der Waals surface area contributed by atoms with Gasteiger partial charge in [-0.25, -0.2) is 4.39 Å². The zero-order valence-electron chi connectivity index (χ0n) is 8.19. The highest BCUT2D eigenvalue weighted by Gasteiger charge is 2.06. The maximum atomic E-state index is 13.2. The van der Waals surface area contributed by atoms with Crippen LogP contribution in [0.1, 0.15) is 11.3 Å². The molecule has 84 valence electrons. The highest BCUT2D eigenvalue weighted by molar-refractivity contribution is 7.10. The first-order chi connectivity index (χ1) is 7.77. The van der Waals surface area contributed by atoms with Crippen LogP contribution in [0.4, 0.5) is 4.39 Å². The van der Waals surface area contributed by atoms with E-state index >= 15 is 0 Å². The van der Waals surface area contributed by atoms with Crippen molar-refractivity contribution in [1.29, 1.82) is 0 Å². The normalized spacial score (nSPS) is 10.6. The van der Waals surface area contributed by atoms with Crippen LogP contribution in [0.25, 0.3) is 0 Å². The Morgan fingerprint density at radius 2 is 2.12 bits per heavy atom. The Morgan fingerprint density at radius 3 is 2.81 bits per heavy atom. The van der Waals surface area contributed by atoms with E-state index in [9.17, 15) is 4.39 Å². The van der Waals surface area contributed by atoms with Crippen molar-refractivity contribution in [2.24, 2.45) is 0 Å². The molecule has 0 aliphatic rings. The molecule has 0 saturated heterocycles. The molecule has 0 fully saturated rings. The summed E-state index contributed by atoms with van der Waals surface area (Å²) in [7, 11) is 0. The average Bonchev–Trinajstić information content (AvgIpc) is 2.67. The lowest BCUT2D eigenvalue weighted by Gasteiger charge is -2.03. The topological polar surface area (TPSA) is 35.0 Å². The third kappa shape index (κ3) is 2.75. The van der Waals surface area contributed by atoms with E-state index in [1.165, 1.54) is 6.07 Å². The summed E-state index contributed by atoms with van der Waals surface area (Å²) in [5.74, 6) is -0.273. The van der Waals surface area contributed by atoms with E-state index in [2.05, 4.69) is 9.59 Å². The quantitative estimate of drug-likeness (QED) is 0.845. The van der Waals surface area contributed by atoms with Crippen molar-refractivity contribution in [2.75, 3.05) is 0 Å². The van der Waals surface area contributed by atoms with E-state index in [0.29, 0.717) is 15.6 Å². The summed E-state index contributed by atoms with van der Waals surface area (Å²) in [5, 5.41) is 3.79. The van der Waals surface area contributed by atoms with Gasteiger partial charge in [-0.2, -0.15) is 0 Å². The van der Waals surface area contributed by atoms with E-state index in [4.69, 9.17) is 16.3 Å². The van der Waals surface area contributed by atoms with Gasteiger partial charge in [0.05, 0.1) is 13.2 Å². The van der Waals surface area contributed by atoms with Crippen molar-refractivity contribution < 1.29 is 9.13 Å². The van der Waals surface area contributed by atoms with Gasteiger partial charge in [-0.1, -0.05) is 34.3 Å². The number of hydrogen-bond acceptors (Lipinski definition) is 4. The number of benzene rings is 1. The van der Waals surface area contributed by atoms with E-state index in [0.717, 1.165) is 11.5 Å². The molecule has 1 aromatic carbocycles. The Hall–Kier alpha value is -1.04. The van der Waals surface area contributed by atoms with E-state index in [-0.39, 0.29) is 19.0 Å². The SMILES string of the molecule is Fc1ccccc1COCc1nnsc1Cl. The molecule has 16 heavy (non-hydrogen) atoms. The van der Waals surface area contributed by atoms with E-state index in [1.807, 2.05) is 0 Å². The van der Waals surface area contributed by atoms with Crippen molar-refractivity contribution in [3.05, 3.63) is 45.7 Å². The van der Waals surface area contributed by atoms with Gasteiger partial charge in [-0.3, -0.25) is 0 Å². The molecule has 0 spiro atoms. The second-order valence-corrected chi connectivity index (χ2v) is 4.43. The summed E-state index contributed by atoms with van der Waals surface area (Å²) in [4.78, 5) is 0. The molecule has 2 aromatic rings. The molecule has 3 nitrogen and oxygen atoms in total. The highest BCUT2D eigenvalue weighted by atomic mass is 35.5. The van der Waals surface area contributed by atoms with Crippen LogP contribution in [-0.2, 0) is 18.0 Å². The summed E-state index contributed by atoms with van der Waals surface area (Å²) in [5.41, 5.74) is 1.10.